The molecule has 3 amide bonds. The standard InChI is InChI=1S/C33H33N3O3/c1-23(2)20-34-32(38)29(19-24-11-5-3-6-12-24)35(21-25-13-7-4-8-14-25)30(37)22-36-28-18-10-16-26-15-9-17-27(31(26)28)33(36)39/h3-18,23,29H,19-22H2,1-2H3,(H,34,38)/t29-/m0/s1. The zero-order valence-electron chi connectivity index (χ0n) is 22.3. The Hall–Kier alpha value is -4.45. The average Bonchev–Trinajstić information content (AvgIpc) is 3.22. The Balaban J connectivity index is 1.49. The minimum atomic E-state index is -0.741. The second-order valence-corrected chi connectivity index (χ2v) is 10.4. The van der Waals surface area contributed by atoms with Crippen molar-refractivity contribution in [3.8, 4) is 0 Å². The van der Waals surface area contributed by atoms with Crippen LogP contribution < -0.4 is 10.2 Å². The van der Waals surface area contributed by atoms with Crippen LogP contribution in [0.1, 0.15) is 35.3 Å². The lowest BCUT2D eigenvalue weighted by Crippen LogP contribution is -2.53. The molecule has 6 nitrogen and oxygen atoms in total. The van der Waals surface area contributed by atoms with E-state index in [1.54, 1.807) is 15.9 Å². The van der Waals surface area contributed by atoms with Crippen LogP contribution in [-0.4, -0.2) is 41.8 Å². The van der Waals surface area contributed by atoms with Crippen LogP contribution in [0.3, 0.4) is 0 Å². The van der Waals surface area contributed by atoms with Crippen LogP contribution in [0.4, 0.5) is 5.69 Å². The highest BCUT2D eigenvalue weighted by molar-refractivity contribution is 6.26. The summed E-state index contributed by atoms with van der Waals surface area (Å²) in [7, 11) is 0. The Kier molecular flexibility index (Phi) is 7.73. The third kappa shape index (κ3) is 5.70. The Labute approximate surface area is 229 Å². The van der Waals surface area contributed by atoms with Crippen LogP contribution >= 0.6 is 0 Å². The number of amides is 3. The van der Waals surface area contributed by atoms with Crippen LogP contribution in [0.15, 0.2) is 97.1 Å². The largest absolute Gasteiger partial charge is 0.354 e. The zero-order chi connectivity index (χ0) is 27.4. The molecule has 4 aromatic rings. The monoisotopic (exact) mass is 519 g/mol. The number of hydrogen-bond acceptors (Lipinski definition) is 3. The van der Waals surface area contributed by atoms with Gasteiger partial charge in [-0.15, -0.1) is 0 Å². The molecule has 1 atom stereocenters. The average molecular weight is 520 g/mol. The second kappa shape index (κ2) is 11.5. The summed E-state index contributed by atoms with van der Waals surface area (Å²) in [6.07, 6.45) is 0.368. The van der Waals surface area contributed by atoms with Gasteiger partial charge in [-0.05, 0) is 34.6 Å². The summed E-state index contributed by atoms with van der Waals surface area (Å²) >= 11 is 0. The number of nitrogens with one attached hydrogen (secondary N) is 1. The fourth-order valence-corrected chi connectivity index (χ4v) is 5.12. The van der Waals surface area contributed by atoms with Crippen LogP contribution in [0.25, 0.3) is 10.8 Å². The van der Waals surface area contributed by atoms with Gasteiger partial charge in [-0.25, -0.2) is 0 Å². The topological polar surface area (TPSA) is 69.7 Å². The number of rotatable bonds is 10. The van der Waals surface area contributed by atoms with Crippen molar-refractivity contribution in [1.29, 1.82) is 0 Å². The molecule has 1 aliphatic heterocycles. The summed E-state index contributed by atoms with van der Waals surface area (Å²) in [5.41, 5.74) is 3.20. The molecular formula is C33H33N3O3. The molecule has 0 unspecified atom stereocenters. The molecule has 1 N–H and O–H groups in total. The lowest BCUT2D eigenvalue weighted by atomic mass is 10.0. The van der Waals surface area contributed by atoms with E-state index in [0.29, 0.717) is 18.5 Å². The molecule has 0 aliphatic carbocycles. The van der Waals surface area contributed by atoms with E-state index in [0.717, 1.165) is 27.6 Å². The third-order valence-corrected chi connectivity index (χ3v) is 7.09. The highest BCUT2D eigenvalue weighted by atomic mass is 16.2. The first-order valence-corrected chi connectivity index (χ1v) is 13.4. The quantitative estimate of drug-likeness (QED) is 0.313. The van der Waals surface area contributed by atoms with E-state index < -0.39 is 6.04 Å². The van der Waals surface area contributed by atoms with E-state index in [9.17, 15) is 14.4 Å². The molecule has 39 heavy (non-hydrogen) atoms. The van der Waals surface area contributed by atoms with Gasteiger partial charge >= 0.3 is 0 Å². The lowest BCUT2D eigenvalue weighted by Gasteiger charge is -2.33. The molecule has 0 radical (unpaired) electrons. The van der Waals surface area contributed by atoms with E-state index >= 15 is 0 Å². The SMILES string of the molecule is CC(C)CNC(=O)[C@H](Cc1ccccc1)N(Cc1ccccc1)C(=O)CN1C(=O)c2cccc3cccc1c23. The van der Waals surface area contributed by atoms with Crippen molar-refractivity contribution in [2.75, 3.05) is 18.0 Å². The molecule has 0 fully saturated rings. The minimum Gasteiger partial charge on any atom is -0.354 e. The van der Waals surface area contributed by atoms with Crippen molar-refractivity contribution in [2.45, 2.75) is 32.9 Å². The van der Waals surface area contributed by atoms with E-state index in [1.165, 1.54) is 0 Å². The molecule has 0 saturated carbocycles. The van der Waals surface area contributed by atoms with E-state index in [4.69, 9.17) is 0 Å². The van der Waals surface area contributed by atoms with Gasteiger partial charge in [-0.2, -0.15) is 0 Å². The van der Waals surface area contributed by atoms with Gasteiger partial charge < -0.3 is 10.2 Å². The molecule has 0 spiro atoms. The van der Waals surface area contributed by atoms with Gasteiger partial charge in [-0.1, -0.05) is 98.8 Å². The lowest BCUT2D eigenvalue weighted by molar-refractivity contribution is -0.140. The van der Waals surface area contributed by atoms with Gasteiger partial charge in [-0.3, -0.25) is 19.3 Å². The maximum atomic E-state index is 14.1. The Morgan fingerprint density at radius 2 is 1.46 bits per heavy atom. The molecular weight excluding hydrogens is 486 g/mol. The van der Waals surface area contributed by atoms with E-state index in [1.807, 2.05) is 105 Å². The van der Waals surface area contributed by atoms with Crippen LogP contribution in [0.2, 0.25) is 0 Å². The van der Waals surface area contributed by atoms with Gasteiger partial charge in [0.05, 0.1) is 5.69 Å². The van der Waals surface area contributed by atoms with Crippen molar-refractivity contribution < 1.29 is 14.4 Å². The van der Waals surface area contributed by atoms with Crippen molar-refractivity contribution in [1.82, 2.24) is 10.2 Å². The summed E-state index contributed by atoms with van der Waals surface area (Å²) in [5.74, 6) is -0.405. The van der Waals surface area contributed by atoms with Gasteiger partial charge in [0.2, 0.25) is 11.8 Å². The second-order valence-electron chi connectivity index (χ2n) is 10.4. The first kappa shape index (κ1) is 26.2. The molecule has 198 valence electrons. The first-order chi connectivity index (χ1) is 18.9. The summed E-state index contributed by atoms with van der Waals surface area (Å²) in [6, 6.07) is 30.0. The first-order valence-electron chi connectivity index (χ1n) is 13.4. The van der Waals surface area contributed by atoms with Gasteiger partial charge in [0.1, 0.15) is 12.6 Å². The predicted molar refractivity (Wildman–Crippen MR) is 154 cm³/mol. The van der Waals surface area contributed by atoms with Gasteiger partial charge in [0.15, 0.2) is 0 Å². The van der Waals surface area contributed by atoms with Gasteiger partial charge in [0, 0.05) is 30.5 Å². The number of nitrogens with zero attached hydrogens (tertiary/aromatic N) is 2. The number of benzene rings is 4. The van der Waals surface area contributed by atoms with Crippen molar-refractivity contribution in [3.63, 3.8) is 0 Å². The summed E-state index contributed by atoms with van der Waals surface area (Å²) in [6.45, 7) is 4.69. The van der Waals surface area contributed by atoms with Crippen molar-refractivity contribution in [3.05, 3.63) is 114 Å². The van der Waals surface area contributed by atoms with Crippen LogP contribution in [-0.2, 0) is 22.6 Å². The molecule has 5 rings (SSSR count). The molecule has 1 heterocycles. The fourth-order valence-electron chi connectivity index (χ4n) is 5.12. The zero-order valence-corrected chi connectivity index (χ0v) is 22.3. The third-order valence-electron chi connectivity index (χ3n) is 7.09. The Bertz CT molecular complexity index is 1480. The Morgan fingerprint density at radius 1 is 0.821 bits per heavy atom. The summed E-state index contributed by atoms with van der Waals surface area (Å²) in [4.78, 5) is 44.4. The number of carbonyl (C=O) groups is 3. The maximum Gasteiger partial charge on any atom is 0.259 e. The molecule has 0 bridgehead atoms. The highest BCUT2D eigenvalue weighted by Crippen LogP contribution is 2.37. The van der Waals surface area contributed by atoms with Crippen LogP contribution in [0.5, 0.6) is 0 Å². The fraction of sp³-hybridized carbons (Fsp3) is 0.242. The highest BCUT2D eigenvalue weighted by Gasteiger charge is 2.35. The summed E-state index contributed by atoms with van der Waals surface area (Å²) < 4.78 is 0. The van der Waals surface area contributed by atoms with Gasteiger partial charge in [0.25, 0.3) is 5.91 Å². The summed E-state index contributed by atoms with van der Waals surface area (Å²) in [5, 5.41) is 4.87. The normalized spacial score (nSPS) is 13.1. The number of hydrogen-bond donors (Lipinski definition) is 1. The van der Waals surface area contributed by atoms with E-state index in [-0.39, 0.29) is 36.7 Å². The van der Waals surface area contributed by atoms with Crippen molar-refractivity contribution >= 4 is 34.2 Å². The predicted octanol–water partition coefficient (Wildman–Crippen LogP) is 5.21. The Morgan fingerprint density at radius 3 is 2.13 bits per heavy atom. The van der Waals surface area contributed by atoms with E-state index in [2.05, 4.69) is 5.32 Å². The minimum absolute atomic E-state index is 0.151. The van der Waals surface area contributed by atoms with Crippen LogP contribution in [0, 0.1) is 5.92 Å². The smallest absolute Gasteiger partial charge is 0.259 e. The maximum absolute atomic E-state index is 14.1. The number of anilines is 1. The van der Waals surface area contributed by atoms with Crippen molar-refractivity contribution in [2.24, 2.45) is 5.92 Å². The molecule has 4 aromatic carbocycles. The molecule has 0 aromatic heterocycles. The molecule has 0 saturated heterocycles. The molecule has 6 heteroatoms. The number of carbonyl (C=O) groups excluding carboxylic acids is 3. The molecule has 1 aliphatic rings.